The molecular formula is C79H78Cl3F18N16NaO21S. The first-order chi connectivity index (χ1) is 61.9. The number of aromatic nitrogens is 5. The van der Waals surface area contributed by atoms with Crippen LogP contribution in [0.5, 0.6) is 0 Å². The molecule has 0 saturated heterocycles. The van der Waals surface area contributed by atoms with Crippen molar-refractivity contribution in [3.05, 3.63) is 206 Å². The Morgan fingerprint density at radius 1 is 0.410 bits per heavy atom. The Hall–Kier alpha value is -13.9. The van der Waals surface area contributed by atoms with Gasteiger partial charge in [-0.1, -0.05) is 7.43 Å². The molecule has 0 radical (unpaired) electrons. The molecule has 0 unspecified atom stereocenters. The van der Waals surface area contributed by atoms with Crippen LogP contribution < -0.4 is 72.9 Å². The Balaban J connectivity index is -0.000000781. The van der Waals surface area contributed by atoms with E-state index in [0.29, 0.717) is 26.5 Å². The van der Waals surface area contributed by atoms with Crippen LogP contribution in [-0.4, -0.2) is 206 Å². The Bertz CT molecular complexity index is 5770. The third kappa shape index (κ3) is 42.3. The quantitative estimate of drug-likeness (QED) is 0.00615. The number of rotatable bonds is 21. The van der Waals surface area contributed by atoms with Crippen molar-refractivity contribution >= 4 is 148 Å². The maximum absolute atomic E-state index is 13.3. The molecule has 8 aromatic rings. The van der Waals surface area contributed by atoms with Gasteiger partial charge in [0.05, 0.1) is 93.2 Å². The van der Waals surface area contributed by atoms with E-state index >= 15 is 0 Å². The largest absolute Gasteiger partial charge is 1.00 e. The number of Topliss-reactive ketones (excluding diaryl/α,β-unsaturated/α-hetero) is 5. The summed E-state index contributed by atoms with van der Waals surface area (Å²) in [5, 5.41) is 54.1. The SMILES string of the molecule is C.COC(=O)c1cc(C(=O)C(=O)N[C@@H](C)C(F)(F)F)n(C)c1.COC(=O)c1cc(C(=O)C(=O)O)n(C)c1.C[C@H](N)C(F)(F)F.C[C@H](NC(=O)C(=O)c1cc(C(=O)Nc2ccc(F)c(C#N)c2)cn1C)C(F)(F)F.C[C@H](NC(=O)C(=O)c1cc(C(=O)Nc2ccc(F)c(C#N)c2)cn1C)C(F)(F)F.C[C@H](NC(=O)C(=O)c1cc(C(=O)O)cn1C)C(F)(F)F.Cl.N#Cc1cc(N)ccc1F.O=S(Cl)Cl.[Na+].[OH-]. The molecule has 0 aliphatic rings. The van der Waals surface area contributed by atoms with Gasteiger partial charge in [-0.05, 0) is 120 Å². The zero-order chi connectivity index (χ0) is 105. The van der Waals surface area contributed by atoms with E-state index in [2.05, 4.69) is 47.2 Å². The van der Waals surface area contributed by atoms with Crippen molar-refractivity contribution in [1.29, 1.82) is 15.8 Å². The van der Waals surface area contributed by atoms with Crippen molar-refractivity contribution in [3.8, 4) is 18.2 Å². The van der Waals surface area contributed by atoms with E-state index in [1.807, 2.05) is 0 Å². The van der Waals surface area contributed by atoms with Crippen molar-refractivity contribution in [2.24, 2.45) is 41.0 Å². The summed E-state index contributed by atoms with van der Waals surface area (Å²) in [7, 11) is 16.5. The second-order valence-corrected chi connectivity index (χ2v) is 29.2. The molecule has 60 heteroatoms. The Labute approximate surface area is 812 Å². The molecular weight excluding hydrogens is 2010 g/mol. The molecule has 0 spiro atoms. The van der Waals surface area contributed by atoms with Gasteiger partial charge in [0.15, 0.2) is 0 Å². The number of amides is 6. The number of hydrogen-bond donors (Lipinski definition) is 10. The minimum absolute atomic E-state index is 0. The number of aryl methyl sites for hydroxylation is 5. The summed E-state index contributed by atoms with van der Waals surface area (Å²) in [5.74, 6) is -19.5. The van der Waals surface area contributed by atoms with Gasteiger partial charge in [-0.15, -0.1) is 12.4 Å². The molecule has 13 N–H and O–H groups in total. The molecule has 0 saturated carbocycles. The van der Waals surface area contributed by atoms with Gasteiger partial charge < -0.3 is 91.4 Å². The summed E-state index contributed by atoms with van der Waals surface area (Å²) in [4.78, 5) is 173. The van der Waals surface area contributed by atoms with E-state index in [0.717, 1.165) is 94.0 Å². The van der Waals surface area contributed by atoms with Gasteiger partial charge >= 0.3 is 84.3 Å². The fourth-order valence-corrected chi connectivity index (χ4v) is 9.14. The van der Waals surface area contributed by atoms with Crippen molar-refractivity contribution < 1.29 is 210 Å². The number of hydrogen-bond acceptors (Lipinski definition) is 24. The molecule has 5 atom stereocenters. The van der Waals surface area contributed by atoms with Crippen LogP contribution in [0.2, 0.25) is 0 Å². The summed E-state index contributed by atoms with van der Waals surface area (Å²) in [5.41, 5.74) is 8.32. The fourth-order valence-electron chi connectivity index (χ4n) is 9.14. The number of esters is 2. The molecule has 139 heavy (non-hydrogen) atoms. The van der Waals surface area contributed by atoms with Crippen LogP contribution in [0.4, 0.5) is 96.1 Å². The first-order valence-electron chi connectivity index (χ1n) is 36.1. The number of nitrogens with one attached hydrogen (secondary N) is 6. The number of carbonyl (C=O) groups excluding carboxylic acids is 13. The van der Waals surface area contributed by atoms with E-state index in [4.69, 9.17) is 35.9 Å². The smallest absolute Gasteiger partial charge is 0.870 e. The number of carboxylic acid groups (broad SMARTS) is 2. The first-order valence-corrected chi connectivity index (χ1v) is 38.9. The van der Waals surface area contributed by atoms with Gasteiger partial charge in [0.1, 0.15) is 59.8 Å². The average Bonchev–Trinajstić information content (AvgIpc) is 1.72. The monoisotopic (exact) mass is 2090 g/mol. The standard InChI is InChI=1S/2C18H14F4N4O3.C12H13F3N2O4.C11H11F3N2O4.C9H9NO5.C7H5FN2.C3H6F3N.CH4.Cl2OS.ClH.Na.H2O/c2*1-9(18(20,21)22)24-17(29)15(27)14-6-11(8-26(14)2)16(28)25-12-3-4-13(19)10(5-12)7-23;1-6(12(13,14)15)16-10(19)9(18)8-4-7(5-17(8)2)11(20)21-3;1-5(11(12,13)14)15-9(18)8(17)7-3-6(10(19)20)4-16(7)2;1-10-4-5(9(14)15-2)3-6(10)7(11)8(12)13;8-7-2-1-6(10)3-5(7)4-9;1-2(7)3(4,5)6;;1-4(2)3;;;/h2*3-6,8-9H,1-2H3,(H,24,29)(H,25,28);4-6H,1-3H3,(H,16,19);3-5H,1-2H3,(H,15,18)(H,19,20);3-4H,1-2H3,(H,12,13);1-3H,10H2;2H,7H2,1H3;1H4;;1H;;1H2/q;;;;;;;;;;+1;/p-1/t2*9-;6-;5-;;;2-;;;;;/m0000..0...../s1. The zero-order valence-electron chi connectivity index (χ0n) is 72.7. The molecule has 0 aliphatic heterocycles. The van der Waals surface area contributed by atoms with Crippen LogP contribution in [0, 0.1) is 51.4 Å². The van der Waals surface area contributed by atoms with Crippen LogP contribution in [0.1, 0.15) is 163 Å². The van der Waals surface area contributed by atoms with Crippen LogP contribution >= 0.6 is 33.8 Å². The molecule has 5 heterocycles. The number of ketones is 5. The molecule has 0 fully saturated rings. The summed E-state index contributed by atoms with van der Waals surface area (Å²) in [6.07, 6.45) is -16.9. The Kier molecular flexibility index (Phi) is 54.1. The number of ether oxygens (including phenoxy) is 2. The molecule has 5 aromatic heterocycles. The summed E-state index contributed by atoms with van der Waals surface area (Å²) in [6, 6.07) is 10.2. The van der Waals surface area contributed by atoms with Crippen LogP contribution in [0.25, 0.3) is 0 Å². The predicted octanol–water partition coefficient (Wildman–Crippen LogP) is 8.29. The third-order valence-electron chi connectivity index (χ3n) is 16.5. The third-order valence-corrected chi connectivity index (χ3v) is 16.5. The molecule has 754 valence electrons. The molecule has 3 aromatic carbocycles. The summed E-state index contributed by atoms with van der Waals surface area (Å²) in [6.45, 7) is 3.69. The van der Waals surface area contributed by atoms with Gasteiger partial charge in [0, 0.05) is 105 Å². The number of halogens is 21. The number of carboxylic acids is 2. The second-order valence-electron chi connectivity index (χ2n) is 26.7. The van der Waals surface area contributed by atoms with E-state index in [1.165, 1.54) is 113 Å². The number of nitriles is 3. The number of nitrogens with two attached hydrogens (primary N) is 2. The molecule has 6 amide bonds. The summed E-state index contributed by atoms with van der Waals surface area (Å²) < 4.78 is 245. The minimum atomic E-state index is -4.72. The van der Waals surface area contributed by atoms with Crippen LogP contribution in [-0.2, 0) is 77.9 Å². The topological polar surface area (TPSA) is 582 Å². The average molecular weight is 2090 g/mol. The maximum atomic E-state index is 13.3. The number of nitrogens with zero attached hydrogens (tertiary/aromatic N) is 8. The first kappa shape index (κ1) is 131. The van der Waals surface area contributed by atoms with Crippen molar-refractivity contribution in [2.45, 2.75) is 103 Å². The van der Waals surface area contributed by atoms with Crippen molar-refractivity contribution in [1.82, 2.24) is 44.1 Å². The number of nitrogen functional groups attached to an aromatic ring is 1. The maximum Gasteiger partial charge on any atom is 1.00 e. The fraction of sp³-hybridized carbons (Fsp3) is 0.291. The Morgan fingerprint density at radius 2 is 0.626 bits per heavy atom. The Morgan fingerprint density at radius 3 is 0.835 bits per heavy atom. The zero-order valence-corrected chi connectivity index (χ0v) is 77.8. The van der Waals surface area contributed by atoms with Crippen LogP contribution in [0.3, 0.4) is 0 Å². The van der Waals surface area contributed by atoms with Gasteiger partial charge in [-0.3, -0.25) is 52.7 Å². The van der Waals surface area contributed by atoms with Gasteiger partial charge in [-0.25, -0.2) is 36.6 Å². The molecule has 0 bridgehead atoms. The van der Waals surface area contributed by atoms with Crippen LogP contribution in [0.15, 0.2) is 116 Å². The van der Waals surface area contributed by atoms with E-state index in [-0.39, 0.29) is 139 Å². The molecule has 0 aliphatic carbocycles. The van der Waals surface area contributed by atoms with Gasteiger partial charge in [0.25, 0.3) is 64.4 Å². The van der Waals surface area contributed by atoms with Gasteiger partial charge in [-0.2, -0.15) is 81.6 Å². The number of carbonyl (C=O) groups is 15. The number of benzene rings is 3. The number of anilines is 3. The minimum Gasteiger partial charge on any atom is -0.870 e. The van der Waals surface area contributed by atoms with E-state index in [1.54, 1.807) is 34.2 Å². The second kappa shape index (κ2) is 57.3. The number of aromatic carboxylic acids is 1. The van der Waals surface area contributed by atoms with Crippen molar-refractivity contribution in [3.63, 3.8) is 0 Å². The predicted molar refractivity (Wildman–Crippen MR) is 450 cm³/mol. The number of methoxy groups -OCH3 is 2. The summed E-state index contributed by atoms with van der Waals surface area (Å²) >= 11 is 0. The van der Waals surface area contributed by atoms with Gasteiger partial charge in [0.2, 0.25) is 9.23 Å². The molecule has 8 rings (SSSR count). The molecule has 37 nitrogen and oxygen atoms in total. The van der Waals surface area contributed by atoms with Crippen molar-refractivity contribution in [2.75, 3.05) is 30.6 Å². The van der Waals surface area contributed by atoms with E-state index < -0.39 is 176 Å². The normalized spacial score (nSPS) is 11.6. The van der Waals surface area contributed by atoms with E-state index in [9.17, 15) is 151 Å². The number of alkyl halides is 15. The number of aliphatic carboxylic acids is 1.